The third-order valence-corrected chi connectivity index (χ3v) is 1.70. The van der Waals surface area contributed by atoms with E-state index >= 15 is 0 Å². The van der Waals surface area contributed by atoms with Gasteiger partial charge in [0.25, 0.3) is 0 Å². The summed E-state index contributed by atoms with van der Waals surface area (Å²) in [5.74, 6) is -3.91. The molecular formula is C8H15NO4. The van der Waals surface area contributed by atoms with E-state index in [2.05, 4.69) is 5.32 Å². The van der Waals surface area contributed by atoms with E-state index < -0.39 is 17.9 Å². The van der Waals surface area contributed by atoms with Crippen molar-refractivity contribution in [2.45, 2.75) is 19.8 Å². The van der Waals surface area contributed by atoms with Crippen molar-refractivity contribution in [3.63, 3.8) is 0 Å². The molecule has 0 radical (unpaired) electrons. The van der Waals surface area contributed by atoms with Crippen molar-refractivity contribution in [3.05, 3.63) is 0 Å². The monoisotopic (exact) mass is 189 g/mol. The Hall–Kier alpha value is -1.10. The molecule has 3 N–H and O–H groups in total. The first-order chi connectivity index (χ1) is 6.05. The second-order valence-electron chi connectivity index (χ2n) is 2.86. The number of hydrogen-bond acceptors (Lipinski definition) is 3. The molecule has 0 bridgehead atoms. The molecule has 0 saturated carbocycles. The van der Waals surface area contributed by atoms with Gasteiger partial charge in [0.15, 0.2) is 5.92 Å². The SMILES string of the molecule is C1CCNC1.CC(C(=O)O)C(=O)O. The number of rotatable bonds is 2. The molecule has 0 aliphatic carbocycles. The predicted molar refractivity (Wildman–Crippen MR) is 46.5 cm³/mol. The van der Waals surface area contributed by atoms with Crippen LogP contribution in [0.3, 0.4) is 0 Å². The molecule has 0 amide bonds. The molecule has 5 heteroatoms. The van der Waals surface area contributed by atoms with Crippen LogP contribution in [0.4, 0.5) is 0 Å². The molecule has 0 atom stereocenters. The fraction of sp³-hybridized carbons (Fsp3) is 0.750. The summed E-state index contributed by atoms with van der Waals surface area (Å²) in [6, 6.07) is 0. The van der Waals surface area contributed by atoms with Gasteiger partial charge in [-0.2, -0.15) is 0 Å². The van der Waals surface area contributed by atoms with Gasteiger partial charge < -0.3 is 15.5 Å². The van der Waals surface area contributed by atoms with Crippen molar-refractivity contribution in [2.24, 2.45) is 5.92 Å². The highest BCUT2D eigenvalue weighted by Crippen LogP contribution is 1.91. The maximum Gasteiger partial charge on any atom is 0.317 e. The minimum Gasteiger partial charge on any atom is -0.481 e. The summed E-state index contributed by atoms with van der Waals surface area (Å²) in [6.07, 6.45) is 2.78. The summed E-state index contributed by atoms with van der Waals surface area (Å²) in [7, 11) is 0. The zero-order valence-corrected chi connectivity index (χ0v) is 7.62. The second kappa shape index (κ2) is 6.42. The molecule has 0 aromatic rings. The van der Waals surface area contributed by atoms with Crippen LogP contribution in [0.15, 0.2) is 0 Å². The van der Waals surface area contributed by atoms with Gasteiger partial charge in [0.2, 0.25) is 0 Å². The van der Waals surface area contributed by atoms with Gasteiger partial charge in [-0.1, -0.05) is 0 Å². The lowest BCUT2D eigenvalue weighted by Crippen LogP contribution is -2.19. The Kier molecular flexibility index (Phi) is 5.88. The Morgan fingerprint density at radius 2 is 1.54 bits per heavy atom. The standard InChI is InChI=1S/C4H9N.C4H6O4/c1-2-4-5-3-1;1-2(3(5)6)4(7)8/h5H,1-4H2;2H,1H3,(H,5,6)(H,7,8). The molecule has 1 heterocycles. The minimum atomic E-state index is -1.31. The van der Waals surface area contributed by atoms with E-state index in [1.165, 1.54) is 25.9 Å². The number of nitrogens with one attached hydrogen (secondary N) is 1. The summed E-state index contributed by atoms with van der Waals surface area (Å²) < 4.78 is 0. The Bertz CT molecular complexity index is 155. The zero-order valence-electron chi connectivity index (χ0n) is 7.62. The van der Waals surface area contributed by atoms with Crippen LogP contribution in [-0.4, -0.2) is 35.2 Å². The lowest BCUT2D eigenvalue weighted by molar-refractivity contribution is -0.153. The highest BCUT2D eigenvalue weighted by atomic mass is 16.4. The van der Waals surface area contributed by atoms with Crippen molar-refractivity contribution >= 4 is 11.9 Å². The van der Waals surface area contributed by atoms with Gasteiger partial charge in [-0.15, -0.1) is 0 Å². The van der Waals surface area contributed by atoms with Crippen LogP contribution in [0.25, 0.3) is 0 Å². The fourth-order valence-electron chi connectivity index (χ4n) is 0.731. The molecule has 0 aromatic carbocycles. The Morgan fingerprint density at radius 3 is 1.62 bits per heavy atom. The van der Waals surface area contributed by atoms with Crippen LogP contribution >= 0.6 is 0 Å². The largest absolute Gasteiger partial charge is 0.481 e. The van der Waals surface area contributed by atoms with Gasteiger partial charge >= 0.3 is 11.9 Å². The fourth-order valence-corrected chi connectivity index (χ4v) is 0.731. The zero-order chi connectivity index (χ0) is 10.3. The topological polar surface area (TPSA) is 86.6 Å². The lowest BCUT2D eigenvalue weighted by atomic mass is 10.2. The average molecular weight is 189 g/mol. The van der Waals surface area contributed by atoms with Gasteiger partial charge in [0.05, 0.1) is 0 Å². The van der Waals surface area contributed by atoms with Crippen LogP contribution in [0, 0.1) is 5.92 Å². The Labute approximate surface area is 76.8 Å². The molecule has 0 unspecified atom stereocenters. The highest BCUT2D eigenvalue weighted by Gasteiger charge is 2.18. The van der Waals surface area contributed by atoms with Gasteiger partial charge in [-0.3, -0.25) is 9.59 Å². The van der Waals surface area contributed by atoms with E-state index in [1.54, 1.807) is 0 Å². The van der Waals surface area contributed by atoms with Gasteiger partial charge in [0.1, 0.15) is 0 Å². The lowest BCUT2D eigenvalue weighted by Gasteiger charge is -1.94. The van der Waals surface area contributed by atoms with Crippen LogP contribution < -0.4 is 5.32 Å². The summed E-state index contributed by atoms with van der Waals surface area (Å²) in [5, 5.41) is 19.2. The van der Waals surface area contributed by atoms with Gasteiger partial charge in [0, 0.05) is 0 Å². The summed E-state index contributed by atoms with van der Waals surface area (Å²) in [4.78, 5) is 19.5. The Balaban J connectivity index is 0.000000243. The van der Waals surface area contributed by atoms with E-state index in [9.17, 15) is 9.59 Å². The molecule has 0 spiro atoms. The van der Waals surface area contributed by atoms with Crippen LogP contribution in [0.1, 0.15) is 19.8 Å². The van der Waals surface area contributed by atoms with E-state index in [0.29, 0.717) is 0 Å². The number of carboxylic acids is 2. The number of hydrogen-bond donors (Lipinski definition) is 3. The Morgan fingerprint density at radius 1 is 1.15 bits per heavy atom. The minimum absolute atomic E-state index is 1.12. The van der Waals surface area contributed by atoms with Crippen molar-refractivity contribution in [2.75, 3.05) is 13.1 Å². The van der Waals surface area contributed by atoms with Crippen LogP contribution in [-0.2, 0) is 9.59 Å². The van der Waals surface area contributed by atoms with Crippen molar-refractivity contribution in [1.29, 1.82) is 0 Å². The summed E-state index contributed by atoms with van der Waals surface area (Å²) in [5.41, 5.74) is 0. The second-order valence-corrected chi connectivity index (χ2v) is 2.86. The van der Waals surface area contributed by atoms with E-state index in [-0.39, 0.29) is 0 Å². The third-order valence-electron chi connectivity index (χ3n) is 1.70. The molecule has 5 nitrogen and oxygen atoms in total. The molecule has 1 rings (SSSR count). The molecule has 0 aromatic heterocycles. The van der Waals surface area contributed by atoms with Gasteiger partial charge in [-0.05, 0) is 32.9 Å². The first kappa shape index (κ1) is 11.9. The number of carbonyl (C=O) groups is 2. The number of aliphatic carboxylic acids is 2. The van der Waals surface area contributed by atoms with Crippen LogP contribution in [0.2, 0.25) is 0 Å². The summed E-state index contributed by atoms with van der Waals surface area (Å²) >= 11 is 0. The first-order valence-electron chi connectivity index (χ1n) is 4.22. The molecule has 13 heavy (non-hydrogen) atoms. The molecule has 1 aliphatic rings. The smallest absolute Gasteiger partial charge is 0.317 e. The molecular weight excluding hydrogens is 174 g/mol. The van der Waals surface area contributed by atoms with E-state index in [1.807, 2.05) is 0 Å². The van der Waals surface area contributed by atoms with Crippen LogP contribution in [0.5, 0.6) is 0 Å². The summed E-state index contributed by atoms with van der Waals surface area (Å²) in [6.45, 7) is 3.62. The van der Waals surface area contributed by atoms with Gasteiger partial charge in [-0.25, -0.2) is 0 Å². The molecule has 1 saturated heterocycles. The van der Waals surface area contributed by atoms with E-state index in [4.69, 9.17) is 10.2 Å². The van der Waals surface area contributed by atoms with Crippen molar-refractivity contribution in [1.82, 2.24) is 5.32 Å². The average Bonchev–Trinajstić information content (AvgIpc) is 2.59. The molecule has 1 fully saturated rings. The maximum atomic E-state index is 9.76. The van der Waals surface area contributed by atoms with E-state index in [0.717, 1.165) is 6.92 Å². The first-order valence-corrected chi connectivity index (χ1v) is 4.22. The van der Waals surface area contributed by atoms with Crippen molar-refractivity contribution in [3.8, 4) is 0 Å². The predicted octanol–water partition coefficient (Wildman–Crippen LogP) is 0.161. The highest BCUT2D eigenvalue weighted by molar-refractivity contribution is 5.92. The third kappa shape index (κ3) is 6.10. The molecule has 76 valence electrons. The maximum absolute atomic E-state index is 9.76. The quantitative estimate of drug-likeness (QED) is 0.539. The number of carboxylic acid groups (broad SMARTS) is 2. The van der Waals surface area contributed by atoms with Crippen molar-refractivity contribution < 1.29 is 19.8 Å². The normalized spacial score (nSPS) is 14.9. The molecule has 1 aliphatic heterocycles.